The lowest BCUT2D eigenvalue weighted by molar-refractivity contribution is 0.407. The maximum atomic E-state index is 12.4. The van der Waals surface area contributed by atoms with E-state index in [2.05, 4.69) is 4.72 Å². The number of nitrogens with one attached hydrogen (secondary N) is 1. The highest BCUT2D eigenvalue weighted by Gasteiger charge is 2.20. The minimum absolute atomic E-state index is 0.0235. The van der Waals surface area contributed by atoms with Crippen LogP contribution in [0.15, 0.2) is 23.1 Å². The van der Waals surface area contributed by atoms with E-state index in [0.29, 0.717) is 4.90 Å². The van der Waals surface area contributed by atoms with Crippen LogP contribution in [0.1, 0.15) is 52.0 Å². The largest absolute Gasteiger partial charge is 0.496 e. The molecule has 0 saturated carbocycles. The van der Waals surface area contributed by atoms with Gasteiger partial charge >= 0.3 is 0 Å². The zero-order valence-electron chi connectivity index (χ0n) is 12.9. The summed E-state index contributed by atoms with van der Waals surface area (Å²) in [5, 5.41) is 0. The average molecular weight is 299 g/mol. The number of methoxy groups -OCH3 is 1. The Hall–Kier alpha value is -1.07. The molecule has 20 heavy (non-hydrogen) atoms. The Morgan fingerprint density at radius 2 is 1.80 bits per heavy atom. The summed E-state index contributed by atoms with van der Waals surface area (Å²) in [6.45, 7) is 7.99. The van der Waals surface area contributed by atoms with E-state index in [9.17, 15) is 8.42 Å². The summed E-state index contributed by atoms with van der Waals surface area (Å²) in [6, 6.07) is 4.99. The van der Waals surface area contributed by atoms with E-state index in [-0.39, 0.29) is 12.0 Å². The maximum Gasteiger partial charge on any atom is 0.240 e. The van der Waals surface area contributed by atoms with Gasteiger partial charge in [0.25, 0.3) is 0 Å². The van der Waals surface area contributed by atoms with Gasteiger partial charge in [0.1, 0.15) is 5.75 Å². The average Bonchev–Trinajstić information content (AvgIpc) is 2.43. The molecule has 0 aliphatic heterocycles. The fourth-order valence-electron chi connectivity index (χ4n) is 2.07. The first-order valence-electron chi connectivity index (χ1n) is 7.05. The SMILES string of the molecule is CCC(CC)NS(=O)(=O)c1ccc(OC)c(C(C)C)c1. The molecule has 0 bridgehead atoms. The third-order valence-corrected chi connectivity index (χ3v) is 4.96. The molecular weight excluding hydrogens is 274 g/mol. The third kappa shape index (κ3) is 3.96. The number of sulfonamides is 1. The first kappa shape index (κ1) is 17.0. The number of rotatable bonds is 7. The Morgan fingerprint density at radius 3 is 2.25 bits per heavy atom. The lowest BCUT2D eigenvalue weighted by Crippen LogP contribution is -2.33. The van der Waals surface area contributed by atoms with Crippen LogP contribution in [0.3, 0.4) is 0 Å². The van der Waals surface area contributed by atoms with E-state index in [4.69, 9.17) is 4.74 Å². The molecule has 0 fully saturated rings. The molecule has 114 valence electrons. The summed E-state index contributed by atoms with van der Waals surface area (Å²) in [5.74, 6) is 0.926. The molecule has 0 unspecified atom stereocenters. The van der Waals surface area contributed by atoms with Gasteiger partial charge in [-0.15, -0.1) is 0 Å². The van der Waals surface area contributed by atoms with E-state index < -0.39 is 10.0 Å². The molecule has 1 rings (SSSR count). The van der Waals surface area contributed by atoms with Crippen molar-refractivity contribution in [2.24, 2.45) is 0 Å². The molecule has 0 radical (unpaired) electrons. The quantitative estimate of drug-likeness (QED) is 0.840. The zero-order chi connectivity index (χ0) is 15.3. The predicted molar refractivity (Wildman–Crippen MR) is 81.8 cm³/mol. The van der Waals surface area contributed by atoms with Crippen molar-refractivity contribution < 1.29 is 13.2 Å². The fourth-order valence-corrected chi connectivity index (χ4v) is 3.51. The minimum atomic E-state index is -3.47. The molecule has 0 aliphatic carbocycles. The molecule has 0 saturated heterocycles. The molecule has 1 aromatic rings. The van der Waals surface area contributed by atoms with Gasteiger partial charge in [-0.05, 0) is 42.5 Å². The highest BCUT2D eigenvalue weighted by atomic mass is 32.2. The van der Waals surface area contributed by atoms with E-state index in [0.717, 1.165) is 24.2 Å². The Kier molecular flexibility index (Phi) is 6.02. The summed E-state index contributed by atoms with van der Waals surface area (Å²) < 4.78 is 32.8. The second kappa shape index (κ2) is 7.09. The molecule has 0 amide bonds. The minimum Gasteiger partial charge on any atom is -0.496 e. The highest BCUT2D eigenvalue weighted by Crippen LogP contribution is 2.29. The third-order valence-electron chi connectivity index (χ3n) is 3.44. The number of benzene rings is 1. The van der Waals surface area contributed by atoms with Gasteiger partial charge in [0, 0.05) is 6.04 Å². The normalized spacial score (nSPS) is 12.2. The molecule has 5 heteroatoms. The van der Waals surface area contributed by atoms with E-state index in [1.165, 1.54) is 0 Å². The smallest absolute Gasteiger partial charge is 0.240 e. The van der Waals surface area contributed by atoms with Crippen LogP contribution in [0.4, 0.5) is 0 Å². The molecule has 0 aliphatic rings. The van der Waals surface area contributed by atoms with Crippen molar-refractivity contribution in [3.05, 3.63) is 23.8 Å². The van der Waals surface area contributed by atoms with Crippen LogP contribution in [0, 0.1) is 0 Å². The Bertz CT molecular complexity index is 534. The van der Waals surface area contributed by atoms with Crippen LogP contribution in [-0.2, 0) is 10.0 Å². The molecular formula is C15H25NO3S. The first-order valence-corrected chi connectivity index (χ1v) is 8.54. The number of hydrogen-bond donors (Lipinski definition) is 1. The Balaban J connectivity index is 3.16. The number of ether oxygens (including phenoxy) is 1. The van der Waals surface area contributed by atoms with Crippen molar-refractivity contribution in [1.29, 1.82) is 0 Å². The second-order valence-electron chi connectivity index (χ2n) is 5.19. The highest BCUT2D eigenvalue weighted by molar-refractivity contribution is 7.89. The van der Waals surface area contributed by atoms with Gasteiger partial charge in [0.05, 0.1) is 12.0 Å². The van der Waals surface area contributed by atoms with Gasteiger partial charge in [-0.1, -0.05) is 27.7 Å². The maximum absolute atomic E-state index is 12.4. The first-order chi connectivity index (χ1) is 9.35. The van der Waals surface area contributed by atoms with Crippen molar-refractivity contribution in [2.45, 2.75) is 57.4 Å². The van der Waals surface area contributed by atoms with E-state index >= 15 is 0 Å². The summed E-state index contributed by atoms with van der Waals surface area (Å²) in [4.78, 5) is 0.300. The van der Waals surface area contributed by atoms with Crippen LogP contribution in [0.25, 0.3) is 0 Å². The molecule has 0 aromatic heterocycles. The van der Waals surface area contributed by atoms with Gasteiger partial charge in [-0.3, -0.25) is 0 Å². The standard InChI is InChI=1S/C15H25NO3S/c1-6-12(7-2)16-20(17,18)13-8-9-15(19-5)14(10-13)11(3)4/h8-12,16H,6-7H2,1-5H3. The van der Waals surface area contributed by atoms with Gasteiger partial charge in [0.15, 0.2) is 0 Å². The fraction of sp³-hybridized carbons (Fsp3) is 0.600. The van der Waals surface area contributed by atoms with Crippen molar-refractivity contribution >= 4 is 10.0 Å². The molecule has 4 nitrogen and oxygen atoms in total. The van der Waals surface area contributed by atoms with Crippen molar-refractivity contribution in [1.82, 2.24) is 4.72 Å². The van der Waals surface area contributed by atoms with Gasteiger partial charge in [-0.25, -0.2) is 13.1 Å². The molecule has 1 N–H and O–H groups in total. The molecule has 0 heterocycles. The monoisotopic (exact) mass is 299 g/mol. The topological polar surface area (TPSA) is 55.4 Å². The van der Waals surface area contributed by atoms with Crippen LogP contribution in [0.5, 0.6) is 5.75 Å². The van der Waals surface area contributed by atoms with Gasteiger partial charge in [0.2, 0.25) is 10.0 Å². The summed E-state index contributed by atoms with van der Waals surface area (Å²) in [6.07, 6.45) is 1.56. The lowest BCUT2D eigenvalue weighted by Gasteiger charge is -2.17. The zero-order valence-corrected chi connectivity index (χ0v) is 13.8. The van der Waals surface area contributed by atoms with E-state index in [1.54, 1.807) is 25.3 Å². The van der Waals surface area contributed by atoms with Gasteiger partial charge < -0.3 is 4.74 Å². The summed E-state index contributed by atoms with van der Waals surface area (Å²) >= 11 is 0. The predicted octanol–water partition coefficient (Wildman–Crippen LogP) is 3.29. The van der Waals surface area contributed by atoms with Crippen molar-refractivity contribution in [2.75, 3.05) is 7.11 Å². The second-order valence-corrected chi connectivity index (χ2v) is 6.91. The van der Waals surface area contributed by atoms with Gasteiger partial charge in [-0.2, -0.15) is 0 Å². The summed E-state index contributed by atoms with van der Waals surface area (Å²) in [5.41, 5.74) is 0.903. The van der Waals surface area contributed by atoms with Crippen LogP contribution >= 0.6 is 0 Å². The molecule has 0 atom stereocenters. The lowest BCUT2D eigenvalue weighted by atomic mass is 10.0. The van der Waals surface area contributed by atoms with Crippen molar-refractivity contribution in [3.8, 4) is 5.75 Å². The molecule has 0 spiro atoms. The Morgan fingerprint density at radius 1 is 1.20 bits per heavy atom. The van der Waals surface area contributed by atoms with Crippen LogP contribution < -0.4 is 9.46 Å². The summed E-state index contributed by atoms with van der Waals surface area (Å²) in [7, 11) is -1.88. The van der Waals surface area contributed by atoms with E-state index in [1.807, 2.05) is 27.7 Å². The van der Waals surface area contributed by atoms with Crippen LogP contribution in [0.2, 0.25) is 0 Å². The van der Waals surface area contributed by atoms with Crippen molar-refractivity contribution in [3.63, 3.8) is 0 Å². The Labute approximate surface area is 122 Å². The number of hydrogen-bond acceptors (Lipinski definition) is 3. The van der Waals surface area contributed by atoms with Crippen LogP contribution in [-0.4, -0.2) is 21.6 Å². The molecule has 1 aromatic carbocycles.